The van der Waals surface area contributed by atoms with Crippen molar-refractivity contribution in [1.29, 1.82) is 0 Å². The molecular weight excluding hydrogens is 188 g/mol. The van der Waals surface area contributed by atoms with Gasteiger partial charge in [-0.05, 0) is 13.8 Å². The molecule has 68 valence electrons. The highest BCUT2D eigenvalue weighted by molar-refractivity contribution is 6.33. The van der Waals surface area contributed by atoms with E-state index in [0.717, 1.165) is 5.52 Å². The lowest BCUT2D eigenvalue weighted by atomic mass is 10.4. The van der Waals surface area contributed by atoms with Crippen molar-refractivity contribution in [2.24, 2.45) is 0 Å². The van der Waals surface area contributed by atoms with Gasteiger partial charge in [-0.3, -0.25) is 4.68 Å². The molecule has 0 aliphatic carbocycles. The molecule has 0 atom stereocenters. The minimum absolute atomic E-state index is 0.310. The summed E-state index contributed by atoms with van der Waals surface area (Å²) in [7, 11) is 0. The molecule has 4 nitrogen and oxygen atoms in total. The van der Waals surface area contributed by atoms with E-state index in [1.165, 1.54) is 6.33 Å². The molecule has 2 aromatic heterocycles. The molecule has 0 saturated heterocycles. The maximum Gasteiger partial charge on any atom is 0.160 e. The molecule has 5 heteroatoms. The van der Waals surface area contributed by atoms with Crippen LogP contribution >= 0.6 is 11.6 Å². The van der Waals surface area contributed by atoms with Crippen LogP contribution in [0, 0.1) is 0 Å². The molecule has 0 spiro atoms. The summed E-state index contributed by atoms with van der Waals surface area (Å²) < 4.78 is 1.82. The molecule has 0 N–H and O–H groups in total. The molecule has 0 radical (unpaired) electrons. The first-order valence-electron chi connectivity index (χ1n) is 4.04. The predicted molar refractivity (Wildman–Crippen MR) is 50.7 cm³/mol. The number of fused-ring (bicyclic) bond motifs is 1. The van der Waals surface area contributed by atoms with Gasteiger partial charge < -0.3 is 0 Å². The van der Waals surface area contributed by atoms with Gasteiger partial charge in [-0.2, -0.15) is 5.10 Å². The molecule has 0 aliphatic rings. The van der Waals surface area contributed by atoms with Crippen molar-refractivity contribution in [3.63, 3.8) is 0 Å². The van der Waals surface area contributed by atoms with Crippen molar-refractivity contribution >= 4 is 22.6 Å². The molecule has 0 bridgehead atoms. The van der Waals surface area contributed by atoms with Crippen LogP contribution < -0.4 is 0 Å². The Balaban J connectivity index is 2.68. The number of aromatic nitrogens is 4. The lowest BCUT2D eigenvalue weighted by Crippen LogP contribution is -1.99. The highest BCUT2D eigenvalue weighted by atomic mass is 35.5. The molecule has 2 rings (SSSR count). The summed E-state index contributed by atoms with van der Waals surface area (Å²) in [5.41, 5.74) is 1.45. The fourth-order valence-electron chi connectivity index (χ4n) is 1.09. The zero-order chi connectivity index (χ0) is 9.42. The van der Waals surface area contributed by atoms with Gasteiger partial charge in [-0.15, -0.1) is 0 Å². The van der Waals surface area contributed by atoms with Crippen molar-refractivity contribution < 1.29 is 0 Å². The van der Waals surface area contributed by atoms with E-state index in [9.17, 15) is 0 Å². The van der Waals surface area contributed by atoms with Gasteiger partial charge in [0.2, 0.25) is 0 Å². The van der Waals surface area contributed by atoms with E-state index in [1.807, 2.05) is 24.7 Å². The highest BCUT2D eigenvalue weighted by Gasteiger charge is 2.07. The Labute approximate surface area is 80.6 Å². The van der Waals surface area contributed by atoms with Crippen molar-refractivity contribution in [3.8, 4) is 0 Å². The first-order valence-corrected chi connectivity index (χ1v) is 4.41. The largest absolute Gasteiger partial charge is 0.267 e. The Kier molecular flexibility index (Phi) is 1.92. The minimum atomic E-state index is 0.310. The van der Waals surface area contributed by atoms with Crippen molar-refractivity contribution in [3.05, 3.63) is 17.7 Å². The van der Waals surface area contributed by atoms with Crippen molar-refractivity contribution in [2.45, 2.75) is 19.9 Å². The van der Waals surface area contributed by atoms with E-state index in [0.29, 0.717) is 16.7 Å². The zero-order valence-electron chi connectivity index (χ0n) is 7.40. The van der Waals surface area contributed by atoms with Crippen LogP contribution in [0.2, 0.25) is 5.15 Å². The van der Waals surface area contributed by atoms with Crippen LogP contribution in [0.3, 0.4) is 0 Å². The molecule has 0 unspecified atom stereocenters. The molecule has 0 fully saturated rings. The number of halogens is 1. The van der Waals surface area contributed by atoms with Crippen LogP contribution in [0.5, 0.6) is 0 Å². The fourth-order valence-corrected chi connectivity index (χ4v) is 1.27. The molecule has 0 aliphatic heterocycles. The SMILES string of the molecule is CC(C)n1cc2ncnc(Cl)c2n1. The number of rotatable bonds is 1. The van der Waals surface area contributed by atoms with Crippen LogP contribution in [0.4, 0.5) is 0 Å². The Morgan fingerprint density at radius 1 is 1.38 bits per heavy atom. The molecule has 0 amide bonds. The molecule has 0 saturated carbocycles. The summed E-state index contributed by atoms with van der Waals surface area (Å²) in [4.78, 5) is 7.92. The standard InChI is InChI=1S/C8H9ClN4/c1-5(2)13-3-6-7(12-13)8(9)11-4-10-6/h3-5H,1-2H3. The molecule has 0 aromatic carbocycles. The Hall–Kier alpha value is -1.16. The maximum absolute atomic E-state index is 5.85. The van der Waals surface area contributed by atoms with Gasteiger partial charge in [0, 0.05) is 6.04 Å². The summed E-state index contributed by atoms with van der Waals surface area (Å²) in [6, 6.07) is 0.310. The Morgan fingerprint density at radius 2 is 2.15 bits per heavy atom. The van der Waals surface area contributed by atoms with Gasteiger partial charge in [0.25, 0.3) is 0 Å². The predicted octanol–water partition coefficient (Wildman–Crippen LogP) is 2.06. The third-order valence-electron chi connectivity index (χ3n) is 1.81. The van der Waals surface area contributed by atoms with Crippen LogP contribution in [0.25, 0.3) is 11.0 Å². The summed E-state index contributed by atoms with van der Waals surface area (Å²) >= 11 is 5.85. The Morgan fingerprint density at radius 3 is 2.77 bits per heavy atom. The summed E-state index contributed by atoms with van der Waals surface area (Å²) in [5.74, 6) is 0. The summed E-state index contributed by atoms with van der Waals surface area (Å²) in [6.07, 6.45) is 3.31. The smallest absolute Gasteiger partial charge is 0.160 e. The van der Waals surface area contributed by atoms with Gasteiger partial charge in [0.05, 0.1) is 6.20 Å². The molecule has 13 heavy (non-hydrogen) atoms. The van der Waals surface area contributed by atoms with Crippen LogP contribution in [-0.4, -0.2) is 19.7 Å². The summed E-state index contributed by atoms with van der Waals surface area (Å²) in [5, 5.41) is 4.68. The van der Waals surface area contributed by atoms with Crippen LogP contribution in [-0.2, 0) is 0 Å². The van der Waals surface area contributed by atoms with E-state index in [-0.39, 0.29) is 0 Å². The molecule has 2 aromatic rings. The van der Waals surface area contributed by atoms with E-state index >= 15 is 0 Å². The quantitative estimate of drug-likeness (QED) is 0.656. The highest BCUT2D eigenvalue weighted by Crippen LogP contribution is 2.18. The zero-order valence-corrected chi connectivity index (χ0v) is 8.15. The number of nitrogens with zero attached hydrogens (tertiary/aromatic N) is 4. The molecule has 2 heterocycles. The summed E-state index contributed by atoms with van der Waals surface area (Å²) in [6.45, 7) is 4.10. The lowest BCUT2D eigenvalue weighted by Gasteiger charge is -2.01. The monoisotopic (exact) mass is 196 g/mol. The Bertz CT molecular complexity index is 435. The van der Waals surface area contributed by atoms with E-state index in [4.69, 9.17) is 11.6 Å². The second-order valence-corrected chi connectivity index (χ2v) is 3.46. The van der Waals surface area contributed by atoms with Gasteiger partial charge in [-0.1, -0.05) is 11.6 Å². The van der Waals surface area contributed by atoms with Crippen molar-refractivity contribution in [2.75, 3.05) is 0 Å². The average Bonchev–Trinajstić information content (AvgIpc) is 2.49. The van der Waals surface area contributed by atoms with Crippen LogP contribution in [0.15, 0.2) is 12.5 Å². The van der Waals surface area contributed by atoms with Gasteiger partial charge in [-0.25, -0.2) is 9.97 Å². The van der Waals surface area contributed by atoms with Gasteiger partial charge >= 0.3 is 0 Å². The van der Waals surface area contributed by atoms with E-state index < -0.39 is 0 Å². The number of hydrogen-bond acceptors (Lipinski definition) is 3. The average molecular weight is 197 g/mol. The molecular formula is C8H9ClN4. The van der Waals surface area contributed by atoms with Crippen molar-refractivity contribution in [1.82, 2.24) is 19.7 Å². The topological polar surface area (TPSA) is 43.6 Å². The second kappa shape index (κ2) is 2.96. The third kappa shape index (κ3) is 1.37. The maximum atomic E-state index is 5.85. The lowest BCUT2D eigenvalue weighted by molar-refractivity contribution is 0.537. The minimum Gasteiger partial charge on any atom is -0.267 e. The fraction of sp³-hybridized carbons (Fsp3) is 0.375. The number of hydrogen-bond donors (Lipinski definition) is 0. The third-order valence-corrected chi connectivity index (χ3v) is 2.08. The van der Waals surface area contributed by atoms with Crippen LogP contribution in [0.1, 0.15) is 19.9 Å². The second-order valence-electron chi connectivity index (χ2n) is 3.10. The normalized spacial score (nSPS) is 11.4. The van der Waals surface area contributed by atoms with Gasteiger partial charge in [0.15, 0.2) is 5.15 Å². The van der Waals surface area contributed by atoms with E-state index in [2.05, 4.69) is 15.1 Å². The first-order chi connectivity index (χ1) is 6.18. The first kappa shape index (κ1) is 8.44. The van der Waals surface area contributed by atoms with E-state index in [1.54, 1.807) is 0 Å². The van der Waals surface area contributed by atoms with Gasteiger partial charge in [0.1, 0.15) is 17.4 Å².